The summed E-state index contributed by atoms with van der Waals surface area (Å²) >= 11 is 0. The van der Waals surface area contributed by atoms with E-state index in [0.717, 1.165) is 44.0 Å². The van der Waals surface area contributed by atoms with E-state index in [9.17, 15) is 0 Å². The number of para-hydroxylation sites is 1. The zero-order chi connectivity index (χ0) is 13.7. The highest BCUT2D eigenvalue weighted by Gasteiger charge is 2.24. The Kier molecular flexibility index (Phi) is 5.19. The van der Waals surface area contributed by atoms with Gasteiger partial charge in [-0.3, -0.25) is 4.90 Å². The van der Waals surface area contributed by atoms with E-state index < -0.39 is 0 Å². The highest BCUT2D eigenvalue weighted by atomic mass is 16.5. The van der Waals surface area contributed by atoms with Crippen LogP contribution in [0.3, 0.4) is 0 Å². The van der Waals surface area contributed by atoms with Crippen molar-refractivity contribution in [2.75, 3.05) is 33.4 Å². The Bertz CT molecular complexity index is 397. The van der Waals surface area contributed by atoms with Gasteiger partial charge in [-0.05, 0) is 12.5 Å². The van der Waals surface area contributed by atoms with Crippen molar-refractivity contribution in [1.82, 2.24) is 4.90 Å². The predicted molar refractivity (Wildman–Crippen MR) is 76.4 cm³/mol. The first kappa shape index (κ1) is 14.3. The first-order valence-electron chi connectivity index (χ1n) is 6.96. The van der Waals surface area contributed by atoms with Gasteiger partial charge in [-0.1, -0.05) is 25.1 Å². The van der Waals surface area contributed by atoms with Gasteiger partial charge in [0.1, 0.15) is 5.75 Å². The van der Waals surface area contributed by atoms with Crippen LogP contribution in [-0.2, 0) is 4.74 Å². The molecule has 1 aliphatic rings. The van der Waals surface area contributed by atoms with Crippen molar-refractivity contribution in [3.8, 4) is 5.75 Å². The molecule has 1 heterocycles. The van der Waals surface area contributed by atoms with Crippen LogP contribution in [0.2, 0.25) is 0 Å². The molecule has 1 aromatic carbocycles. The molecular formula is C15H24N2O2. The van der Waals surface area contributed by atoms with Crippen LogP contribution in [0.15, 0.2) is 24.3 Å². The molecule has 1 saturated heterocycles. The summed E-state index contributed by atoms with van der Waals surface area (Å²) in [5, 5.41) is 0. The predicted octanol–water partition coefficient (Wildman–Crippen LogP) is 1.81. The first-order valence-corrected chi connectivity index (χ1v) is 6.96. The molecular weight excluding hydrogens is 240 g/mol. The lowest BCUT2D eigenvalue weighted by Crippen LogP contribution is -2.47. The zero-order valence-electron chi connectivity index (χ0n) is 11.8. The van der Waals surface area contributed by atoms with E-state index in [-0.39, 0.29) is 6.04 Å². The van der Waals surface area contributed by atoms with Crippen LogP contribution in [0.4, 0.5) is 0 Å². The maximum Gasteiger partial charge on any atom is 0.123 e. The lowest BCUT2D eigenvalue weighted by Gasteiger charge is -2.36. The minimum atomic E-state index is -0.0247. The van der Waals surface area contributed by atoms with Gasteiger partial charge in [0.2, 0.25) is 0 Å². The van der Waals surface area contributed by atoms with Crippen LogP contribution in [-0.4, -0.2) is 44.4 Å². The molecule has 2 unspecified atom stereocenters. The van der Waals surface area contributed by atoms with Crippen LogP contribution in [0.1, 0.15) is 24.9 Å². The lowest BCUT2D eigenvalue weighted by molar-refractivity contribution is -0.0111. The van der Waals surface area contributed by atoms with Crippen molar-refractivity contribution in [3.05, 3.63) is 29.8 Å². The van der Waals surface area contributed by atoms with Gasteiger partial charge < -0.3 is 15.2 Å². The number of ether oxygens (including phenoxy) is 2. The Morgan fingerprint density at radius 1 is 1.47 bits per heavy atom. The third kappa shape index (κ3) is 3.47. The van der Waals surface area contributed by atoms with Gasteiger partial charge in [0.05, 0.1) is 20.3 Å². The number of benzene rings is 1. The molecule has 2 atom stereocenters. The molecule has 0 bridgehead atoms. The van der Waals surface area contributed by atoms with Crippen LogP contribution in [0.25, 0.3) is 0 Å². The summed E-state index contributed by atoms with van der Waals surface area (Å²) in [7, 11) is 1.69. The van der Waals surface area contributed by atoms with E-state index in [1.165, 1.54) is 0 Å². The van der Waals surface area contributed by atoms with Crippen molar-refractivity contribution in [1.29, 1.82) is 0 Å². The number of morpholine rings is 1. The summed E-state index contributed by atoms with van der Waals surface area (Å²) in [6.45, 7) is 5.62. The fourth-order valence-electron chi connectivity index (χ4n) is 2.63. The molecule has 0 aromatic heterocycles. The molecule has 2 N–H and O–H groups in total. The third-order valence-corrected chi connectivity index (χ3v) is 3.79. The van der Waals surface area contributed by atoms with Crippen molar-refractivity contribution in [2.24, 2.45) is 5.73 Å². The maximum atomic E-state index is 6.36. The van der Waals surface area contributed by atoms with Gasteiger partial charge in [-0.25, -0.2) is 0 Å². The van der Waals surface area contributed by atoms with Gasteiger partial charge in [-0.15, -0.1) is 0 Å². The van der Waals surface area contributed by atoms with E-state index in [0.29, 0.717) is 6.04 Å². The van der Waals surface area contributed by atoms with Gasteiger partial charge >= 0.3 is 0 Å². The summed E-state index contributed by atoms with van der Waals surface area (Å²) in [5.41, 5.74) is 7.43. The Hall–Kier alpha value is -1.10. The molecule has 1 aromatic rings. The van der Waals surface area contributed by atoms with Crippen molar-refractivity contribution >= 4 is 0 Å². The van der Waals surface area contributed by atoms with E-state index in [2.05, 4.69) is 11.8 Å². The SMILES string of the molecule is CCC1COCCN1CC(N)c1ccccc1OC. The topological polar surface area (TPSA) is 47.7 Å². The molecule has 0 aliphatic carbocycles. The number of hydrogen-bond donors (Lipinski definition) is 1. The number of nitrogens with two attached hydrogens (primary N) is 1. The standard InChI is InChI=1S/C15H24N2O2/c1-3-12-11-19-9-8-17(12)10-14(16)13-6-4-5-7-15(13)18-2/h4-7,12,14H,3,8-11,16H2,1-2H3. The molecule has 1 fully saturated rings. The van der Waals surface area contributed by atoms with E-state index >= 15 is 0 Å². The van der Waals surface area contributed by atoms with Crippen LogP contribution >= 0.6 is 0 Å². The number of hydrogen-bond acceptors (Lipinski definition) is 4. The van der Waals surface area contributed by atoms with Crippen LogP contribution in [0, 0.1) is 0 Å². The van der Waals surface area contributed by atoms with Gasteiger partial charge in [-0.2, -0.15) is 0 Å². The van der Waals surface area contributed by atoms with Crippen molar-refractivity contribution in [2.45, 2.75) is 25.4 Å². The molecule has 2 rings (SSSR count). The van der Waals surface area contributed by atoms with Crippen LogP contribution < -0.4 is 10.5 Å². The van der Waals surface area contributed by atoms with Gasteiger partial charge in [0, 0.05) is 30.7 Å². The second kappa shape index (κ2) is 6.89. The molecule has 0 radical (unpaired) electrons. The smallest absolute Gasteiger partial charge is 0.123 e. The third-order valence-electron chi connectivity index (χ3n) is 3.79. The fraction of sp³-hybridized carbons (Fsp3) is 0.600. The van der Waals surface area contributed by atoms with Crippen molar-refractivity contribution < 1.29 is 9.47 Å². The molecule has 106 valence electrons. The van der Waals surface area contributed by atoms with E-state index in [1.54, 1.807) is 7.11 Å². The number of nitrogens with zero attached hydrogens (tertiary/aromatic N) is 1. The summed E-state index contributed by atoms with van der Waals surface area (Å²) in [6.07, 6.45) is 1.10. The Morgan fingerprint density at radius 3 is 3.00 bits per heavy atom. The van der Waals surface area contributed by atoms with E-state index in [1.807, 2.05) is 24.3 Å². The van der Waals surface area contributed by atoms with Gasteiger partial charge in [0.15, 0.2) is 0 Å². The second-order valence-electron chi connectivity index (χ2n) is 4.98. The average molecular weight is 264 g/mol. The number of methoxy groups -OCH3 is 1. The molecule has 19 heavy (non-hydrogen) atoms. The summed E-state index contributed by atoms with van der Waals surface area (Å²) in [6, 6.07) is 8.45. The minimum Gasteiger partial charge on any atom is -0.496 e. The Morgan fingerprint density at radius 2 is 2.26 bits per heavy atom. The highest BCUT2D eigenvalue weighted by molar-refractivity contribution is 5.35. The molecule has 0 amide bonds. The number of rotatable bonds is 5. The van der Waals surface area contributed by atoms with Crippen molar-refractivity contribution in [3.63, 3.8) is 0 Å². The summed E-state index contributed by atoms with van der Waals surface area (Å²) in [4.78, 5) is 2.43. The van der Waals surface area contributed by atoms with Crippen LogP contribution in [0.5, 0.6) is 5.75 Å². The first-order chi connectivity index (χ1) is 9.26. The van der Waals surface area contributed by atoms with Gasteiger partial charge in [0.25, 0.3) is 0 Å². The molecule has 4 heteroatoms. The molecule has 0 spiro atoms. The summed E-state index contributed by atoms with van der Waals surface area (Å²) < 4.78 is 10.9. The normalized spacial score (nSPS) is 22.2. The quantitative estimate of drug-likeness (QED) is 0.881. The fourth-order valence-corrected chi connectivity index (χ4v) is 2.63. The lowest BCUT2D eigenvalue weighted by atomic mass is 10.0. The Balaban J connectivity index is 2.05. The largest absolute Gasteiger partial charge is 0.496 e. The average Bonchev–Trinajstić information content (AvgIpc) is 2.47. The molecule has 1 aliphatic heterocycles. The second-order valence-corrected chi connectivity index (χ2v) is 4.98. The Labute approximate surface area is 115 Å². The monoisotopic (exact) mass is 264 g/mol. The minimum absolute atomic E-state index is 0.0247. The zero-order valence-corrected chi connectivity index (χ0v) is 11.8. The van der Waals surface area contributed by atoms with E-state index in [4.69, 9.17) is 15.2 Å². The molecule has 0 saturated carbocycles. The highest BCUT2D eigenvalue weighted by Crippen LogP contribution is 2.25. The molecule has 4 nitrogen and oxygen atoms in total. The summed E-state index contributed by atoms with van der Waals surface area (Å²) in [5.74, 6) is 0.872. The maximum absolute atomic E-state index is 6.36.